The average Bonchev–Trinajstić information content (AvgIpc) is 2.03. The van der Waals surface area contributed by atoms with Crippen LogP contribution < -0.4 is 0 Å². The van der Waals surface area contributed by atoms with E-state index in [-0.39, 0.29) is 0 Å². The quantitative estimate of drug-likeness (QED) is 0.566. The van der Waals surface area contributed by atoms with Gasteiger partial charge in [-0.25, -0.2) is 0 Å². The fraction of sp³-hybridized carbons (Fsp3) is 0.400. The fourth-order valence-corrected chi connectivity index (χ4v) is 3.69. The monoisotopic (exact) mass is 262 g/mol. The Kier molecular flexibility index (Phi) is 3.37. The molecule has 0 heterocycles. The van der Waals surface area contributed by atoms with Crippen LogP contribution in [-0.4, -0.2) is 9.36 Å². The van der Waals surface area contributed by atoms with E-state index in [0.29, 0.717) is 0 Å². The number of hydrogen-bond acceptors (Lipinski definition) is 0. The van der Waals surface area contributed by atoms with E-state index in [1.807, 2.05) is 0 Å². The maximum atomic E-state index is 2.43. The van der Waals surface area contributed by atoms with Crippen LogP contribution in [0.25, 0.3) is 0 Å². The number of alkyl halides is 2. The van der Waals surface area contributed by atoms with Crippen LogP contribution in [0.1, 0.15) is 12.5 Å². The fourth-order valence-electron chi connectivity index (χ4n) is 0.961. The van der Waals surface area contributed by atoms with Gasteiger partial charge in [-0.3, -0.25) is 0 Å². The molecule has 11 heavy (non-hydrogen) atoms. The Hall–Kier alpha value is -0.0500. The number of halogens is 1. The zero-order valence-corrected chi connectivity index (χ0v) is 9.55. The van der Waals surface area contributed by atoms with Gasteiger partial charge < -0.3 is 0 Å². The molecule has 0 unspecified atom stereocenters. The van der Waals surface area contributed by atoms with Gasteiger partial charge >= 0.3 is 76.4 Å². The van der Waals surface area contributed by atoms with Gasteiger partial charge in [-0.1, -0.05) is 0 Å². The molecule has 0 aliphatic heterocycles. The first-order chi connectivity index (χ1) is 5.24. The number of aryl methyl sites for hydroxylation is 1. The summed E-state index contributed by atoms with van der Waals surface area (Å²) in [5, 5.41) is 0. The minimum atomic E-state index is -0.730. The van der Waals surface area contributed by atoms with Crippen LogP contribution in [-0.2, 0) is 0 Å². The van der Waals surface area contributed by atoms with Crippen LogP contribution in [0.5, 0.6) is 0 Å². The molecule has 0 bridgehead atoms. The Morgan fingerprint density at radius 1 is 1.36 bits per heavy atom. The predicted octanol–water partition coefficient (Wildman–Crippen LogP) is 3.32. The van der Waals surface area contributed by atoms with E-state index in [2.05, 4.69) is 43.0 Å². The molecule has 0 aliphatic carbocycles. The van der Waals surface area contributed by atoms with Crippen molar-refractivity contribution >= 4 is 19.8 Å². The van der Waals surface area contributed by atoms with Crippen molar-refractivity contribution < 1.29 is 0 Å². The second-order valence-electron chi connectivity index (χ2n) is 2.66. The van der Waals surface area contributed by atoms with Gasteiger partial charge in [-0.05, 0) is 0 Å². The third kappa shape index (κ3) is 2.47. The molecule has 0 saturated heterocycles. The Morgan fingerprint density at radius 2 is 2.09 bits per heavy atom. The summed E-state index contributed by atoms with van der Waals surface area (Å²) >= 11 is -0.730. The van der Waals surface area contributed by atoms with E-state index < -0.39 is 19.8 Å². The summed E-state index contributed by atoms with van der Waals surface area (Å²) in [7, 11) is 0. The van der Waals surface area contributed by atoms with Crippen LogP contribution >= 0.6 is 19.8 Å². The number of benzene rings is 1. The van der Waals surface area contributed by atoms with Crippen molar-refractivity contribution in [3.63, 3.8) is 0 Å². The standard InChI is InChI=1S/C10H15I/c1-4-11(3)10-7-5-6-9(2)8-10/h5-8H,4H2,1-3H3. The topological polar surface area (TPSA) is 0 Å². The molecule has 0 amide bonds. The summed E-state index contributed by atoms with van der Waals surface area (Å²) in [5.74, 6) is 0. The summed E-state index contributed by atoms with van der Waals surface area (Å²) in [6, 6.07) is 8.97. The van der Waals surface area contributed by atoms with Gasteiger partial charge in [-0.2, -0.15) is 0 Å². The van der Waals surface area contributed by atoms with Gasteiger partial charge in [0, 0.05) is 0 Å². The van der Waals surface area contributed by atoms with Crippen molar-refractivity contribution in [3.05, 3.63) is 33.4 Å². The molecule has 0 aliphatic rings. The molecule has 0 atom stereocenters. The molecule has 1 rings (SSSR count). The summed E-state index contributed by atoms with van der Waals surface area (Å²) in [4.78, 5) is 2.43. The molecule has 0 spiro atoms. The first kappa shape index (κ1) is 9.04. The Morgan fingerprint density at radius 3 is 2.64 bits per heavy atom. The van der Waals surface area contributed by atoms with Crippen LogP contribution in [0, 0.1) is 10.5 Å². The molecule has 0 fully saturated rings. The molecule has 0 nitrogen and oxygen atoms in total. The number of hydrogen-bond donors (Lipinski definition) is 0. The zero-order chi connectivity index (χ0) is 8.27. The van der Waals surface area contributed by atoms with Gasteiger partial charge in [0.15, 0.2) is 0 Å². The van der Waals surface area contributed by atoms with Crippen LogP contribution in [0.2, 0.25) is 0 Å². The normalized spacial score (nSPS) is 11.4. The van der Waals surface area contributed by atoms with Crippen molar-refractivity contribution in [2.45, 2.75) is 13.8 Å². The molecule has 62 valence electrons. The molecule has 0 saturated carbocycles. The first-order valence-electron chi connectivity index (χ1n) is 3.86. The van der Waals surface area contributed by atoms with Gasteiger partial charge in [0.05, 0.1) is 0 Å². The van der Waals surface area contributed by atoms with Crippen molar-refractivity contribution in [2.24, 2.45) is 0 Å². The summed E-state index contributed by atoms with van der Waals surface area (Å²) in [6.45, 7) is 4.47. The molecule has 1 heteroatoms. The third-order valence-electron chi connectivity index (χ3n) is 1.75. The molecule has 0 radical (unpaired) electrons. The Balaban J connectivity index is 2.86. The van der Waals surface area contributed by atoms with Crippen LogP contribution in [0.15, 0.2) is 24.3 Å². The zero-order valence-electron chi connectivity index (χ0n) is 7.39. The van der Waals surface area contributed by atoms with Crippen molar-refractivity contribution in [1.29, 1.82) is 0 Å². The minimum absolute atomic E-state index is 0.730. The van der Waals surface area contributed by atoms with Gasteiger partial charge in [0.2, 0.25) is 0 Å². The van der Waals surface area contributed by atoms with Crippen molar-refractivity contribution in [1.82, 2.24) is 0 Å². The van der Waals surface area contributed by atoms with Gasteiger partial charge in [0.25, 0.3) is 0 Å². The molecule has 0 N–H and O–H groups in total. The van der Waals surface area contributed by atoms with Gasteiger partial charge in [-0.15, -0.1) is 0 Å². The van der Waals surface area contributed by atoms with E-state index >= 15 is 0 Å². The Labute approximate surface area is 76.4 Å². The molecular formula is C10H15I. The second-order valence-corrected chi connectivity index (χ2v) is 8.79. The summed E-state index contributed by atoms with van der Waals surface area (Å²) < 4.78 is 3.00. The van der Waals surface area contributed by atoms with Crippen LogP contribution in [0.4, 0.5) is 0 Å². The van der Waals surface area contributed by atoms with E-state index in [0.717, 1.165) is 0 Å². The van der Waals surface area contributed by atoms with Crippen molar-refractivity contribution in [2.75, 3.05) is 9.36 Å². The second kappa shape index (κ2) is 4.10. The van der Waals surface area contributed by atoms with E-state index in [4.69, 9.17) is 0 Å². The van der Waals surface area contributed by atoms with E-state index in [1.165, 1.54) is 9.99 Å². The van der Waals surface area contributed by atoms with E-state index in [9.17, 15) is 0 Å². The molecule has 1 aromatic rings. The molecule has 1 aromatic carbocycles. The average molecular weight is 262 g/mol. The number of rotatable bonds is 2. The van der Waals surface area contributed by atoms with Crippen molar-refractivity contribution in [3.8, 4) is 0 Å². The SMILES string of the molecule is CCI(C)c1cccc(C)c1. The predicted molar refractivity (Wildman–Crippen MR) is 60.4 cm³/mol. The first-order valence-corrected chi connectivity index (χ1v) is 8.62. The van der Waals surface area contributed by atoms with Crippen LogP contribution in [0.3, 0.4) is 0 Å². The van der Waals surface area contributed by atoms with Gasteiger partial charge in [0.1, 0.15) is 0 Å². The summed E-state index contributed by atoms with van der Waals surface area (Å²) in [6.07, 6.45) is 0. The maximum absolute atomic E-state index is 2.43. The third-order valence-corrected chi connectivity index (χ3v) is 6.84. The summed E-state index contributed by atoms with van der Waals surface area (Å²) in [5.41, 5.74) is 1.40. The molecule has 0 aromatic heterocycles. The van der Waals surface area contributed by atoms with E-state index in [1.54, 1.807) is 3.57 Å². The Bertz CT molecular complexity index is 230. The molecular weight excluding hydrogens is 247 g/mol.